The third kappa shape index (κ3) is 5.90. The molecule has 1 aliphatic carbocycles. The van der Waals surface area contributed by atoms with Gasteiger partial charge in [-0.15, -0.1) is 12.4 Å². The first-order valence-electron chi connectivity index (χ1n) is 6.72. The van der Waals surface area contributed by atoms with E-state index in [9.17, 15) is 4.79 Å². The number of carbonyl (C=O) groups is 1. The molecule has 1 saturated carbocycles. The maximum absolute atomic E-state index is 12.1. The highest BCUT2D eigenvalue weighted by atomic mass is 35.5. The van der Waals surface area contributed by atoms with Crippen LogP contribution in [0.25, 0.3) is 0 Å². The lowest BCUT2D eigenvalue weighted by atomic mass is 10.1. The van der Waals surface area contributed by atoms with Crippen molar-refractivity contribution in [3.63, 3.8) is 0 Å². The molecule has 0 aliphatic heterocycles. The van der Waals surface area contributed by atoms with Crippen molar-refractivity contribution >= 4 is 30.1 Å². The molecule has 0 aromatic rings. The Morgan fingerprint density at radius 3 is 2.74 bits per heavy atom. The summed E-state index contributed by atoms with van der Waals surface area (Å²) in [5, 5.41) is 0.725. The molecule has 0 bridgehead atoms. The second-order valence-electron chi connectivity index (χ2n) is 4.85. The smallest absolute Gasteiger partial charge is 0.225 e. The quantitative estimate of drug-likeness (QED) is 0.780. The summed E-state index contributed by atoms with van der Waals surface area (Å²) < 4.78 is 5.17. The molecule has 1 aliphatic rings. The summed E-state index contributed by atoms with van der Waals surface area (Å²) in [4.78, 5) is 14.0. The molecule has 0 aromatic heterocycles. The number of carbonyl (C=O) groups excluding carboxylic acids is 1. The van der Waals surface area contributed by atoms with Crippen molar-refractivity contribution in [2.24, 2.45) is 5.73 Å². The molecule has 6 heteroatoms. The number of hydrogen-bond donors (Lipinski definition) is 1. The van der Waals surface area contributed by atoms with E-state index in [0.29, 0.717) is 19.0 Å². The van der Waals surface area contributed by atoms with E-state index in [1.165, 1.54) is 6.42 Å². The van der Waals surface area contributed by atoms with Crippen LogP contribution in [0.1, 0.15) is 32.6 Å². The molecule has 0 spiro atoms. The highest BCUT2D eigenvalue weighted by molar-refractivity contribution is 7.99. The van der Waals surface area contributed by atoms with Crippen LogP contribution < -0.4 is 5.73 Å². The Hall–Kier alpha value is 0.0300. The highest BCUT2D eigenvalue weighted by Gasteiger charge is 2.30. The third-order valence-corrected chi connectivity index (χ3v) is 4.93. The minimum Gasteiger partial charge on any atom is -0.380 e. The van der Waals surface area contributed by atoms with E-state index in [4.69, 9.17) is 10.5 Å². The lowest BCUT2D eigenvalue weighted by molar-refractivity contribution is -0.134. The van der Waals surface area contributed by atoms with Crippen molar-refractivity contribution in [1.29, 1.82) is 0 Å². The van der Waals surface area contributed by atoms with Gasteiger partial charge in [-0.2, -0.15) is 11.8 Å². The van der Waals surface area contributed by atoms with Gasteiger partial charge in [-0.1, -0.05) is 6.92 Å². The molecular formula is C13H27ClN2O2S. The fraction of sp³-hybridized carbons (Fsp3) is 0.923. The van der Waals surface area contributed by atoms with Crippen molar-refractivity contribution in [2.45, 2.75) is 50.0 Å². The standard InChI is InChI=1S/C13H26N2O2S.ClH/c1-4-18-12-6-5-10(7-12)15(2)13(16)8-11(9-14)17-3;/h10-12H,4-9,14H2,1-3H3;1H. The van der Waals surface area contributed by atoms with Crippen LogP contribution in [0.5, 0.6) is 0 Å². The zero-order valence-electron chi connectivity index (χ0n) is 12.1. The first-order valence-corrected chi connectivity index (χ1v) is 7.77. The maximum Gasteiger partial charge on any atom is 0.225 e. The third-order valence-electron chi connectivity index (χ3n) is 3.70. The Morgan fingerprint density at radius 1 is 1.53 bits per heavy atom. The normalized spacial score (nSPS) is 23.8. The number of thioether (sulfide) groups is 1. The molecule has 1 fully saturated rings. The Morgan fingerprint density at radius 2 is 2.21 bits per heavy atom. The summed E-state index contributed by atoms with van der Waals surface area (Å²) in [5.74, 6) is 1.31. The van der Waals surface area contributed by atoms with Crippen LogP contribution in [0.2, 0.25) is 0 Å². The topological polar surface area (TPSA) is 55.6 Å². The molecule has 0 saturated heterocycles. The predicted molar refractivity (Wildman–Crippen MR) is 84.0 cm³/mol. The molecule has 114 valence electrons. The summed E-state index contributed by atoms with van der Waals surface area (Å²) in [7, 11) is 3.52. The SMILES string of the molecule is CCSC1CCC(N(C)C(=O)CC(CN)OC)C1.Cl. The average molecular weight is 311 g/mol. The van der Waals surface area contributed by atoms with Gasteiger partial charge in [-0.05, 0) is 25.0 Å². The summed E-state index contributed by atoms with van der Waals surface area (Å²) in [5.41, 5.74) is 5.55. The first kappa shape index (κ1) is 19.0. The van der Waals surface area contributed by atoms with E-state index >= 15 is 0 Å². The largest absolute Gasteiger partial charge is 0.380 e. The number of nitrogens with two attached hydrogens (primary N) is 1. The summed E-state index contributed by atoms with van der Waals surface area (Å²) in [6.45, 7) is 2.59. The van der Waals surface area contributed by atoms with E-state index in [0.717, 1.165) is 23.8 Å². The van der Waals surface area contributed by atoms with Gasteiger partial charge < -0.3 is 15.4 Å². The van der Waals surface area contributed by atoms with Gasteiger partial charge in [0.1, 0.15) is 0 Å². The monoisotopic (exact) mass is 310 g/mol. The molecule has 0 radical (unpaired) electrons. The van der Waals surface area contributed by atoms with Crippen molar-refractivity contribution in [3.05, 3.63) is 0 Å². The first-order chi connectivity index (χ1) is 8.62. The number of halogens is 1. The van der Waals surface area contributed by atoms with Crippen LogP contribution in [0.15, 0.2) is 0 Å². The highest BCUT2D eigenvalue weighted by Crippen LogP contribution is 2.32. The van der Waals surface area contributed by atoms with Gasteiger partial charge in [-0.25, -0.2) is 0 Å². The number of amides is 1. The van der Waals surface area contributed by atoms with Crippen LogP contribution in [-0.4, -0.2) is 54.7 Å². The van der Waals surface area contributed by atoms with Gasteiger partial charge >= 0.3 is 0 Å². The fourth-order valence-corrected chi connectivity index (χ4v) is 3.59. The lowest BCUT2D eigenvalue weighted by Crippen LogP contribution is -2.39. The van der Waals surface area contributed by atoms with Gasteiger partial charge in [0.2, 0.25) is 5.91 Å². The van der Waals surface area contributed by atoms with Gasteiger partial charge in [0.25, 0.3) is 0 Å². The molecule has 0 heterocycles. The predicted octanol–water partition coefficient (Wildman–Crippen LogP) is 1.90. The minimum atomic E-state index is -0.151. The zero-order valence-corrected chi connectivity index (χ0v) is 13.8. The number of nitrogens with zero attached hydrogens (tertiary/aromatic N) is 1. The van der Waals surface area contributed by atoms with Gasteiger partial charge in [-0.3, -0.25) is 4.79 Å². The van der Waals surface area contributed by atoms with Gasteiger partial charge in [0, 0.05) is 32.0 Å². The second kappa shape index (κ2) is 9.86. The average Bonchev–Trinajstić information content (AvgIpc) is 2.83. The number of methoxy groups -OCH3 is 1. The summed E-state index contributed by atoms with van der Waals surface area (Å²) in [6, 6.07) is 0.400. The zero-order chi connectivity index (χ0) is 13.5. The van der Waals surface area contributed by atoms with Gasteiger partial charge in [0.05, 0.1) is 12.5 Å². The van der Waals surface area contributed by atoms with Crippen LogP contribution in [0, 0.1) is 0 Å². The Kier molecular flexibility index (Phi) is 9.87. The van der Waals surface area contributed by atoms with E-state index in [1.807, 2.05) is 23.7 Å². The van der Waals surface area contributed by atoms with Crippen molar-refractivity contribution < 1.29 is 9.53 Å². The molecule has 0 aromatic carbocycles. The molecule has 19 heavy (non-hydrogen) atoms. The van der Waals surface area contributed by atoms with Crippen LogP contribution in [-0.2, 0) is 9.53 Å². The number of hydrogen-bond acceptors (Lipinski definition) is 4. The Bertz CT molecular complexity index is 265. The van der Waals surface area contributed by atoms with E-state index in [1.54, 1.807) is 7.11 Å². The molecule has 2 N–H and O–H groups in total. The van der Waals surface area contributed by atoms with Crippen LogP contribution in [0.3, 0.4) is 0 Å². The molecule has 3 atom stereocenters. The summed E-state index contributed by atoms with van der Waals surface area (Å²) in [6.07, 6.45) is 3.72. The molecular weight excluding hydrogens is 284 g/mol. The van der Waals surface area contributed by atoms with Crippen molar-refractivity contribution in [1.82, 2.24) is 4.90 Å². The van der Waals surface area contributed by atoms with Crippen LogP contribution in [0.4, 0.5) is 0 Å². The molecule has 1 rings (SSSR count). The van der Waals surface area contributed by atoms with E-state index in [2.05, 4.69) is 6.92 Å². The number of rotatable bonds is 7. The lowest BCUT2D eigenvalue weighted by Gasteiger charge is -2.26. The molecule has 3 unspecified atom stereocenters. The van der Waals surface area contributed by atoms with Crippen molar-refractivity contribution in [2.75, 3.05) is 26.5 Å². The summed E-state index contributed by atoms with van der Waals surface area (Å²) >= 11 is 2.01. The molecule has 1 amide bonds. The molecule has 4 nitrogen and oxygen atoms in total. The Labute approximate surface area is 127 Å². The maximum atomic E-state index is 12.1. The van der Waals surface area contributed by atoms with E-state index < -0.39 is 0 Å². The van der Waals surface area contributed by atoms with E-state index in [-0.39, 0.29) is 24.4 Å². The number of ether oxygens (including phenoxy) is 1. The minimum absolute atomic E-state index is 0. The second-order valence-corrected chi connectivity index (χ2v) is 6.42. The van der Waals surface area contributed by atoms with Crippen molar-refractivity contribution in [3.8, 4) is 0 Å². The van der Waals surface area contributed by atoms with Gasteiger partial charge in [0.15, 0.2) is 0 Å². The Balaban J connectivity index is 0.00000324. The fourth-order valence-electron chi connectivity index (χ4n) is 2.46. The van der Waals surface area contributed by atoms with Crippen LogP contribution >= 0.6 is 24.2 Å².